The van der Waals surface area contributed by atoms with Gasteiger partial charge in [-0.2, -0.15) is 0 Å². The molecular weight excluding hydrogens is 424 g/mol. The third kappa shape index (κ3) is 2.93. The molecular formula is C30H48O4. The largest absolute Gasteiger partial charge is 0.481 e. The molecule has 4 saturated carbocycles. The molecule has 0 saturated heterocycles. The van der Waals surface area contributed by atoms with E-state index in [-0.39, 0.29) is 33.0 Å². The Balaban J connectivity index is 1.60. The lowest BCUT2D eigenvalue weighted by molar-refractivity contribution is -0.219. The molecule has 0 aliphatic heterocycles. The number of carboxylic acids is 1. The lowest BCUT2D eigenvalue weighted by Crippen LogP contribution is -2.66. The first-order chi connectivity index (χ1) is 15.5. The highest BCUT2D eigenvalue weighted by atomic mass is 16.4. The second kappa shape index (κ2) is 7.12. The minimum absolute atomic E-state index is 0.0233. The fraction of sp³-hybridized carbons (Fsp3) is 0.900. The van der Waals surface area contributed by atoms with Crippen molar-refractivity contribution in [3.63, 3.8) is 0 Å². The van der Waals surface area contributed by atoms with Gasteiger partial charge < -0.3 is 15.3 Å². The van der Waals surface area contributed by atoms with Crippen LogP contribution in [0.1, 0.15) is 106 Å². The van der Waals surface area contributed by atoms with Gasteiger partial charge in [0.1, 0.15) is 0 Å². The van der Waals surface area contributed by atoms with E-state index in [1.54, 1.807) is 0 Å². The van der Waals surface area contributed by atoms with Crippen LogP contribution in [0.2, 0.25) is 0 Å². The van der Waals surface area contributed by atoms with Gasteiger partial charge in [-0.1, -0.05) is 60.1 Å². The van der Waals surface area contributed by atoms with Crippen molar-refractivity contribution < 1.29 is 20.1 Å². The highest BCUT2D eigenvalue weighted by Crippen LogP contribution is 2.75. The zero-order valence-electron chi connectivity index (χ0n) is 22.6. The molecule has 0 aromatic rings. The average Bonchev–Trinajstić information content (AvgIpc) is 2.71. The third-order valence-electron chi connectivity index (χ3n) is 12.7. The number of aliphatic carboxylic acids is 1. The fourth-order valence-electron chi connectivity index (χ4n) is 11.0. The number of carbonyl (C=O) groups is 1. The molecule has 34 heavy (non-hydrogen) atoms. The number of carboxylic acid groups (broad SMARTS) is 1. The van der Waals surface area contributed by atoms with Crippen LogP contribution in [0.3, 0.4) is 0 Å². The van der Waals surface area contributed by atoms with E-state index in [4.69, 9.17) is 0 Å². The molecule has 192 valence electrons. The van der Waals surface area contributed by atoms with Gasteiger partial charge in [-0.25, -0.2) is 0 Å². The molecule has 0 spiro atoms. The van der Waals surface area contributed by atoms with Crippen molar-refractivity contribution in [1.29, 1.82) is 0 Å². The fourth-order valence-corrected chi connectivity index (χ4v) is 11.0. The van der Waals surface area contributed by atoms with E-state index >= 15 is 0 Å². The number of rotatable bonds is 1. The minimum atomic E-state index is -0.675. The molecule has 5 aliphatic carbocycles. The smallest absolute Gasteiger partial charge is 0.310 e. The van der Waals surface area contributed by atoms with E-state index in [0.717, 1.165) is 44.9 Å². The first kappa shape index (κ1) is 24.8. The molecule has 5 aliphatic rings. The Morgan fingerprint density at radius 2 is 1.41 bits per heavy atom. The maximum Gasteiger partial charge on any atom is 0.310 e. The summed E-state index contributed by atoms with van der Waals surface area (Å²) in [5.41, 5.74) is 0.725. The molecule has 4 nitrogen and oxygen atoms in total. The summed E-state index contributed by atoms with van der Waals surface area (Å²) in [7, 11) is 0. The van der Waals surface area contributed by atoms with Gasteiger partial charge in [0.05, 0.1) is 17.6 Å². The number of hydrogen-bond acceptors (Lipinski definition) is 3. The maximum absolute atomic E-state index is 12.8. The van der Waals surface area contributed by atoms with Gasteiger partial charge in [0.2, 0.25) is 0 Å². The van der Waals surface area contributed by atoms with Gasteiger partial charge in [-0.3, -0.25) is 4.79 Å². The van der Waals surface area contributed by atoms with Crippen LogP contribution < -0.4 is 0 Å². The molecule has 9 atom stereocenters. The molecule has 0 bridgehead atoms. The monoisotopic (exact) mass is 472 g/mol. The summed E-state index contributed by atoms with van der Waals surface area (Å²) in [5, 5.41) is 32.4. The Morgan fingerprint density at radius 1 is 0.824 bits per heavy atom. The normalized spacial score (nSPS) is 53.4. The second-order valence-corrected chi connectivity index (χ2v) is 15.3. The van der Waals surface area contributed by atoms with Crippen LogP contribution in [0.4, 0.5) is 0 Å². The Morgan fingerprint density at radius 3 is 2.03 bits per heavy atom. The summed E-state index contributed by atoms with van der Waals surface area (Å²) in [5.74, 6) is 0.434. The number of fused-ring (bicyclic) bond motifs is 7. The molecule has 4 heteroatoms. The number of hydrogen-bond donors (Lipinski definition) is 3. The van der Waals surface area contributed by atoms with Crippen molar-refractivity contribution in [2.75, 3.05) is 0 Å². The van der Waals surface area contributed by atoms with E-state index in [1.807, 2.05) is 0 Å². The first-order valence-electron chi connectivity index (χ1n) is 13.9. The van der Waals surface area contributed by atoms with Crippen LogP contribution in [-0.2, 0) is 4.79 Å². The molecule has 0 radical (unpaired) electrons. The summed E-state index contributed by atoms with van der Waals surface area (Å²) < 4.78 is 0. The Bertz CT molecular complexity index is 919. The zero-order valence-corrected chi connectivity index (χ0v) is 22.6. The Kier molecular flexibility index (Phi) is 5.20. The van der Waals surface area contributed by atoms with Gasteiger partial charge in [0.15, 0.2) is 0 Å². The summed E-state index contributed by atoms with van der Waals surface area (Å²) in [6.45, 7) is 16.2. The van der Waals surface area contributed by atoms with E-state index in [9.17, 15) is 20.1 Å². The minimum Gasteiger partial charge on any atom is -0.481 e. The number of aliphatic hydroxyl groups excluding tert-OH is 2. The van der Waals surface area contributed by atoms with Crippen LogP contribution in [0.5, 0.6) is 0 Å². The molecule has 0 heterocycles. The number of aliphatic hydroxyl groups is 2. The summed E-state index contributed by atoms with van der Waals surface area (Å²) >= 11 is 0. The van der Waals surface area contributed by atoms with Gasteiger partial charge in [-0.15, -0.1) is 0 Å². The molecule has 0 unspecified atom stereocenters. The van der Waals surface area contributed by atoms with Crippen molar-refractivity contribution in [3.8, 4) is 0 Å². The summed E-state index contributed by atoms with van der Waals surface area (Å²) in [6, 6.07) is 0. The maximum atomic E-state index is 12.8. The zero-order chi connectivity index (χ0) is 25.1. The van der Waals surface area contributed by atoms with Crippen LogP contribution in [-0.4, -0.2) is 33.5 Å². The molecule has 0 aromatic carbocycles. The first-order valence-corrected chi connectivity index (χ1v) is 13.9. The van der Waals surface area contributed by atoms with Gasteiger partial charge in [0.25, 0.3) is 0 Å². The van der Waals surface area contributed by atoms with Crippen molar-refractivity contribution >= 4 is 5.97 Å². The van der Waals surface area contributed by atoms with Crippen molar-refractivity contribution in [3.05, 3.63) is 11.6 Å². The van der Waals surface area contributed by atoms with Crippen molar-refractivity contribution in [2.24, 2.45) is 50.2 Å². The Labute approximate surface area is 206 Å². The lowest BCUT2D eigenvalue weighted by Gasteiger charge is -2.70. The topological polar surface area (TPSA) is 77.8 Å². The molecule has 0 amide bonds. The summed E-state index contributed by atoms with van der Waals surface area (Å²) in [6.07, 6.45) is 9.44. The van der Waals surface area contributed by atoms with Crippen molar-refractivity contribution in [1.82, 2.24) is 0 Å². The van der Waals surface area contributed by atoms with E-state index in [2.05, 4.69) is 54.5 Å². The predicted octanol–water partition coefficient (Wildman–Crippen LogP) is 6.20. The van der Waals surface area contributed by atoms with Gasteiger partial charge in [-0.05, 0) is 103 Å². The summed E-state index contributed by atoms with van der Waals surface area (Å²) in [4.78, 5) is 12.8. The van der Waals surface area contributed by atoms with E-state index in [0.29, 0.717) is 24.7 Å². The third-order valence-corrected chi connectivity index (χ3v) is 12.7. The standard InChI is InChI=1S/C30H48O4/c1-25(2)14-15-30(24(33)34)13-10-20-27(5)11-8-19-26(3,4)23(32)18(31)16-29(19,7)21(27)9-12-28(20,6)22(30)17-25/h10,18-19,21-23,31-32H,8-9,11-17H2,1-7H3,(H,33,34)/t18-,19+,21+,22+,23+,27+,28-,29+,30-/m1/s1. The van der Waals surface area contributed by atoms with E-state index in [1.165, 1.54) is 5.57 Å². The van der Waals surface area contributed by atoms with Gasteiger partial charge >= 0.3 is 5.97 Å². The van der Waals surface area contributed by atoms with Crippen LogP contribution in [0, 0.1) is 50.2 Å². The highest BCUT2D eigenvalue weighted by Gasteiger charge is 2.69. The quantitative estimate of drug-likeness (QED) is 0.397. The van der Waals surface area contributed by atoms with Gasteiger partial charge in [0, 0.05) is 0 Å². The van der Waals surface area contributed by atoms with E-state index < -0.39 is 23.6 Å². The van der Waals surface area contributed by atoms with Crippen LogP contribution in [0.15, 0.2) is 11.6 Å². The highest BCUT2D eigenvalue weighted by molar-refractivity contribution is 5.76. The SMILES string of the molecule is CC1(C)CC[C@]2(C(=O)O)CC=C3[C@]4(C)CC[C@H]5C(C)(C)[C@@H](O)[C@H](O)C[C@]5(C)[C@H]4CC[C@@]3(C)[C@@H]2C1. The molecule has 4 fully saturated rings. The second-order valence-electron chi connectivity index (χ2n) is 15.3. The van der Waals surface area contributed by atoms with Crippen LogP contribution >= 0.6 is 0 Å². The predicted molar refractivity (Wildman–Crippen MR) is 134 cm³/mol. The lowest BCUT2D eigenvalue weighted by atomic mass is 9.34. The number of allylic oxidation sites excluding steroid dienone is 2. The van der Waals surface area contributed by atoms with Crippen LogP contribution in [0.25, 0.3) is 0 Å². The molecule has 0 aromatic heterocycles. The molecule has 5 rings (SSSR count). The molecule has 3 N–H and O–H groups in total. The Hall–Kier alpha value is -0.870. The van der Waals surface area contributed by atoms with Crippen molar-refractivity contribution in [2.45, 2.75) is 118 Å². The average molecular weight is 473 g/mol.